The smallest absolute Gasteiger partial charge is 0.870 e. The number of carboxylic acid groups (broad SMARTS) is 1. The van der Waals surface area contributed by atoms with Gasteiger partial charge in [-0.05, 0) is 193 Å². The van der Waals surface area contributed by atoms with E-state index in [4.69, 9.17) is 37.6 Å². The van der Waals surface area contributed by atoms with Gasteiger partial charge in [-0.3, -0.25) is 29.0 Å². The summed E-state index contributed by atoms with van der Waals surface area (Å²) in [5.41, 5.74) is 11.8. The number of benzene rings is 6. The van der Waals surface area contributed by atoms with Gasteiger partial charge in [-0.1, -0.05) is 210 Å². The molecule has 632 valence electrons. The van der Waals surface area contributed by atoms with Gasteiger partial charge in [0.25, 0.3) is 16.7 Å². The van der Waals surface area contributed by atoms with Crippen LogP contribution in [0.15, 0.2) is 119 Å². The van der Waals surface area contributed by atoms with Crippen LogP contribution in [0.25, 0.3) is 32.9 Å². The van der Waals surface area contributed by atoms with E-state index in [0.29, 0.717) is 106 Å². The van der Waals surface area contributed by atoms with E-state index in [0.717, 1.165) is 128 Å². The maximum absolute atomic E-state index is 13.9. The summed E-state index contributed by atoms with van der Waals surface area (Å²) in [4.78, 5) is 80.2. The summed E-state index contributed by atoms with van der Waals surface area (Å²) in [5.74, 6) is 0.984. The number of phenols is 1. The zero-order valence-corrected chi connectivity index (χ0v) is 74.4. The number of aliphatic hydroxyl groups is 1. The number of hydrogen-bond donors (Lipinski definition) is 3. The monoisotopic (exact) mass is 1660 g/mol. The number of likely N-dealkylation sites (tertiary alicyclic amines) is 2. The van der Waals surface area contributed by atoms with E-state index >= 15 is 0 Å². The van der Waals surface area contributed by atoms with Crippen molar-refractivity contribution in [2.75, 3.05) is 33.3 Å². The van der Waals surface area contributed by atoms with Gasteiger partial charge in [0.1, 0.15) is 34.3 Å². The zero-order chi connectivity index (χ0) is 83.9. The van der Waals surface area contributed by atoms with Crippen LogP contribution in [0, 0.1) is 0 Å². The molecule has 5 heterocycles. The number of aliphatic carboxylic acids is 1. The Labute approximate surface area is 706 Å². The van der Waals surface area contributed by atoms with Gasteiger partial charge in [-0.2, -0.15) is 14.2 Å². The number of aryl methyl sites for hydroxylation is 9. The Morgan fingerprint density at radius 2 is 0.716 bits per heavy atom. The van der Waals surface area contributed by atoms with E-state index in [9.17, 15) is 39.0 Å². The normalized spacial score (nSPS) is 14.7. The van der Waals surface area contributed by atoms with E-state index in [-0.39, 0.29) is 71.3 Å². The Bertz CT molecular complexity index is 4770. The Morgan fingerprint density at radius 3 is 1.05 bits per heavy atom. The number of hydrogen-bond acceptors (Lipinski definition) is 18. The summed E-state index contributed by atoms with van der Waals surface area (Å²) in [5, 5.41) is 28.9. The first-order chi connectivity index (χ1) is 54.4. The Balaban J connectivity index is 0.000000283. The third-order valence-electron chi connectivity index (χ3n) is 21.7. The first-order valence-electron chi connectivity index (χ1n) is 41.4. The van der Waals surface area contributed by atoms with Crippen LogP contribution in [0.5, 0.6) is 17.2 Å². The quantitative estimate of drug-likeness (QED) is 0.0207. The molecule has 0 bridgehead atoms. The Morgan fingerprint density at radius 1 is 0.431 bits per heavy atom. The number of alkyl halides is 1. The number of carboxylic acids is 1. The SMILES string of the molecule is CC(C)c1ccc(C(Br)C(=O)O[C@H](C)C(C)N2CCCC2)cc1.CCCc1cc2c(=O)n(C)oc2c(CCC)c1O.CCCc1cc2c(=O)n(C)oc2c(CCC)c1OC(C(=O)O)c1ccc(C(C)C)cc1.CCCc1cc2c(=O)n(C)oc2c(CCC)c1OC(C(=O)O[C@H](C)C(C)N1CCCC1)c1ccc(C(C)C)cc1.CO.[Li+].[OH-]. The number of aliphatic hydroxyl groups excluding tert-OH is 1. The fourth-order valence-corrected chi connectivity index (χ4v) is 15.3. The summed E-state index contributed by atoms with van der Waals surface area (Å²) >= 11 is 3.49. The van der Waals surface area contributed by atoms with Crippen molar-refractivity contribution in [1.29, 1.82) is 0 Å². The maximum Gasteiger partial charge on any atom is 1.00 e. The largest absolute Gasteiger partial charge is 1.00 e. The number of ether oxygens (including phenoxy) is 4. The molecule has 24 heteroatoms. The van der Waals surface area contributed by atoms with E-state index in [1.807, 2.05) is 89.2 Å². The minimum Gasteiger partial charge on any atom is -0.870 e. The zero-order valence-electron chi connectivity index (χ0n) is 72.8. The molecular weight excluding hydrogens is 1530 g/mol. The molecule has 3 aromatic heterocycles. The molecule has 11 rings (SSSR count). The standard InChI is InChI=1S/C33H46N2O5.C25H31NO5.C19H28BrNO2.C14H19NO3.CH4O.Li.H2O/c1-8-12-26-20-28-31(40-34(7)32(28)36)27(13-9-2)29(26)39-30(25-16-14-24(15-17-25)21(3)4)33(37)38-23(6)22(5)35-18-10-11-19-35;1-6-8-18-14-20-23(31-26(5)24(20)27)19(9-7-2)21(18)30-22(25(28)29)17-12-10-16(11-13-17)15(3)4;1-13(2)16-7-9-17(10-8-16)18(20)19(22)23-15(4)14(3)21-11-5-6-12-21;1-4-6-9-8-11-13(18-15(3)14(11)17)10(7-5-2)12(9)16;1-2;;/h14-17,20-23,30H,8-13,18-19H2,1-7H3;10-15,22H,6-9H2,1-5H3,(H,28,29);7-10,13-15,18H,5-6,11-12H2,1-4H3;8,16H,4-7H2,1-3H3;2H,1H3;;1H2/q;;;;;+1;/p-1/t22?,23-,30?;;14?,15-,18?;;;;/m1.1..../s1. The van der Waals surface area contributed by atoms with Crippen molar-refractivity contribution in [1.82, 2.24) is 24.0 Å². The number of esters is 2. The van der Waals surface area contributed by atoms with Crippen LogP contribution in [0.2, 0.25) is 0 Å². The second kappa shape index (κ2) is 46.9. The van der Waals surface area contributed by atoms with Gasteiger partial charge < -0.3 is 53.3 Å². The van der Waals surface area contributed by atoms with E-state index in [1.54, 1.807) is 33.3 Å². The number of carbonyl (C=O) groups is 3. The molecule has 7 atom stereocenters. The summed E-state index contributed by atoms with van der Waals surface area (Å²) < 4.78 is 45.5. The number of aromatic hydroxyl groups is 1. The molecule has 0 spiro atoms. The van der Waals surface area contributed by atoms with Crippen molar-refractivity contribution in [3.8, 4) is 17.2 Å². The first kappa shape index (κ1) is 98.4. The maximum atomic E-state index is 13.9. The minimum atomic E-state index is -1.15. The van der Waals surface area contributed by atoms with Crippen LogP contribution in [-0.2, 0) is 83.5 Å². The second-order valence-electron chi connectivity index (χ2n) is 31.3. The molecule has 2 aliphatic heterocycles. The number of nitrogens with zero attached hydrogens (tertiary/aromatic N) is 5. The van der Waals surface area contributed by atoms with Crippen LogP contribution < -0.4 is 45.0 Å². The van der Waals surface area contributed by atoms with Crippen molar-refractivity contribution in [3.63, 3.8) is 0 Å². The van der Waals surface area contributed by atoms with Gasteiger partial charge in [-0.15, -0.1) is 0 Å². The van der Waals surface area contributed by atoms with Crippen LogP contribution >= 0.6 is 15.9 Å². The summed E-state index contributed by atoms with van der Waals surface area (Å²) in [6, 6.07) is 29.6. The molecule has 0 saturated carbocycles. The van der Waals surface area contributed by atoms with Crippen LogP contribution in [0.3, 0.4) is 0 Å². The van der Waals surface area contributed by atoms with Crippen LogP contribution in [0.4, 0.5) is 0 Å². The van der Waals surface area contributed by atoms with Gasteiger partial charge in [-0.25, -0.2) is 9.59 Å². The average molecular weight is 1660 g/mol. The fraction of sp³-hybridized carbons (Fsp3) is 0.543. The fourth-order valence-electron chi connectivity index (χ4n) is 14.9. The Hall–Kier alpha value is -8.14. The van der Waals surface area contributed by atoms with Gasteiger partial charge in [0.05, 0.1) is 16.2 Å². The van der Waals surface area contributed by atoms with Crippen molar-refractivity contribution >= 4 is 66.7 Å². The molecule has 22 nitrogen and oxygen atoms in total. The number of rotatable bonds is 31. The predicted molar refractivity (Wildman–Crippen MR) is 459 cm³/mol. The van der Waals surface area contributed by atoms with Gasteiger partial charge in [0, 0.05) is 68.2 Å². The summed E-state index contributed by atoms with van der Waals surface area (Å²) in [7, 11) is 5.79. The number of phenolic OH excluding ortho intramolecular Hbond substituents is 1. The molecule has 2 fully saturated rings. The third kappa shape index (κ3) is 24.5. The molecular formula is C92H129BrLiN5O17. The van der Waals surface area contributed by atoms with Gasteiger partial charge >= 0.3 is 36.8 Å². The number of fused-ring (bicyclic) bond motifs is 3. The number of aromatic nitrogens is 3. The summed E-state index contributed by atoms with van der Waals surface area (Å²) in [6.45, 7) is 37.7. The molecule has 5 unspecified atom stereocenters. The Kier molecular flexibility index (Phi) is 39.8. The molecule has 2 saturated heterocycles. The topological polar surface area (TPSA) is 291 Å². The molecule has 6 aromatic carbocycles. The van der Waals surface area contributed by atoms with E-state index in [2.05, 4.69) is 126 Å². The number of carbonyl (C=O) groups excluding carboxylic acids is 2. The third-order valence-corrected chi connectivity index (χ3v) is 22.6. The molecule has 0 radical (unpaired) electrons. The predicted octanol–water partition coefficient (Wildman–Crippen LogP) is 15.9. The molecule has 2 aliphatic rings. The average Bonchev–Trinajstić information content (AvgIpc) is 1.59. The van der Waals surface area contributed by atoms with Gasteiger partial charge in [0.2, 0.25) is 12.2 Å². The van der Waals surface area contributed by atoms with Crippen molar-refractivity contribution < 1.29 is 86.6 Å². The molecule has 4 N–H and O–H groups in total. The second-order valence-corrected chi connectivity index (χ2v) is 32.2. The van der Waals surface area contributed by atoms with Crippen LogP contribution in [-0.4, -0.2) is 120 Å². The molecule has 0 aliphatic carbocycles. The molecule has 116 heavy (non-hydrogen) atoms. The molecule has 0 amide bonds. The van der Waals surface area contributed by atoms with E-state index in [1.165, 1.54) is 51.0 Å². The van der Waals surface area contributed by atoms with Crippen molar-refractivity contribution in [2.24, 2.45) is 21.1 Å². The van der Waals surface area contributed by atoms with Crippen LogP contribution in [0.1, 0.15) is 277 Å². The number of halogens is 1. The van der Waals surface area contributed by atoms with Crippen molar-refractivity contribution in [2.45, 2.75) is 273 Å². The minimum absolute atomic E-state index is 0. The van der Waals surface area contributed by atoms with Gasteiger partial charge in [0.15, 0.2) is 16.7 Å². The first-order valence-corrected chi connectivity index (χ1v) is 42.3. The molecule has 9 aromatic rings. The van der Waals surface area contributed by atoms with Crippen molar-refractivity contribution in [3.05, 3.63) is 189 Å². The summed E-state index contributed by atoms with van der Waals surface area (Å²) in [6.07, 6.45) is 11.7. The van der Waals surface area contributed by atoms with E-state index < -0.39 is 29.0 Å².